The van der Waals surface area contributed by atoms with Gasteiger partial charge in [0.1, 0.15) is 11.2 Å². The average Bonchev–Trinajstić information content (AvgIpc) is 3.47. The minimum absolute atomic E-state index is 0.925. The Hall–Kier alpha value is -5.66. The number of fused-ring (bicyclic) bond motifs is 7. The molecule has 200 valence electrons. The van der Waals surface area contributed by atoms with E-state index in [1.165, 1.54) is 60.0 Å². The van der Waals surface area contributed by atoms with Crippen LogP contribution in [-0.4, -0.2) is 0 Å². The van der Waals surface area contributed by atoms with E-state index in [4.69, 9.17) is 4.42 Å². The molecule has 0 saturated heterocycles. The van der Waals surface area contributed by atoms with Crippen LogP contribution in [0.25, 0.3) is 87.6 Å². The molecule has 0 fully saturated rings. The molecule has 0 bridgehead atoms. The van der Waals surface area contributed by atoms with Gasteiger partial charge in [-0.3, -0.25) is 0 Å². The quantitative estimate of drug-likeness (QED) is 0.201. The molecule has 9 aromatic rings. The second-order valence-electron chi connectivity index (χ2n) is 11.2. The molecule has 1 aromatic heterocycles. The van der Waals surface area contributed by atoms with Crippen LogP contribution in [0.4, 0.5) is 0 Å². The number of hydrogen-bond acceptors (Lipinski definition) is 1. The van der Waals surface area contributed by atoms with Crippen molar-refractivity contribution in [2.45, 2.75) is 0 Å². The van der Waals surface area contributed by atoms with Gasteiger partial charge in [0.25, 0.3) is 0 Å². The van der Waals surface area contributed by atoms with E-state index in [-0.39, 0.29) is 0 Å². The number of furan rings is 1. The first-order valence-electron chi connectivity index (χ1n) is 14.8. The molecule has 9 rings (SSSR count). The maximum atomic E-state index is 6.53. The minimum Gasteiger partial charge on any atom is -0.455 e. The van der Waals surface area contributed by atoms with Crippen molar-refractivity contribution >= 4 is 54.3 Å². The van der Waals surface area contributed by atoms with Gasteiger partial charge in [-0.2, -0.15) is 0 Å². The van der Waals surface area contributed by atoms with Gasteiger partial charge in [0.15, 0.2) is 0 Å². The first-order valence-corrected chi connectivity index (χ1v) is 14.8. The zero-order chi connectivity index (χ0) is 28.3. The van der Waals surface area contributed by atoms with E-state index in [0.29, 0.717) is 0 Å². The van der Waals surface area contributed by atoms with Crippen LogP contribution in [0, 0.1) is 0 Å². The van der Waals surface area contributed by atoms with Gasteiger partial charge in [-0.25, -0.2) is 0 Å². The highest BCUT2D eigenvalue weighted by atomic mass is 16.3. The van der Waals surface area contributed by atoms with Crippen molar-refractivity contribution in [3.8, 4) is 33.4 Å². The number of rotatable bonds is 3. The van der Waals surface area contributed by atoms with E-state index >= 15 is 0 Å². The molecule has 0 atom stereocenters. The third-order valence-electron chi connectivity index (χ3n) is 8.87. The smallest absolute Gasteiger partial charge is 0.143 e. The summed E-state index contributed by atoms with van der Waals surface area (Å²) in [6, 6.07) is 56.7. The van der Waals surface area contributed by atoms with Crippen molar-refractivity contribution in [2.24, 2.45) is 0 Å². The molecule has 0 aliphatic heterocycles. The lowest BCUT2D eigenvalue weighted by atomic mass is 9.85. The van der Waals surface area contributed by atoms with E-state index in [1.54, 1.807) is 0 Å². The Balaban J connectivity index is 1.25. The lowest BCUT2D eigenvalue weighted by Gasteiger charge is -2.18. The number of para-hydroxylation sites is 1. The molecular weight excluding hydrogens is 520 g/mol. The van der Waals surface area contributed by atoms with Gasteiger partial charge in [0.2, 0.25) is 0 Å². The zero-order valence-corrected chi connectivity index (χ0v) is 23.4. The van der Waals surface area contributed by atoms with Crippen molar-refractivity contribution in [3.05, 3.63) is 158 Å². The molecule has 1 heteroatoms. The number of benzene rings is 8. The Bertz CT molecular complexity index is 2420. The van der Waals surface area contributed by atoms with Crippen LogP contribution in [-0.2, 0) is 0 Å². The largest absolute Gasteiger partial charge is 0.455 e. The molecule has 8 aromatic carbocycles. The van der Waals surface area contributed by atoms with Gasteiger partial charge in [-0.05, 0) is 66.2 Å². The Morgan fingerprint density at radius 3 is 1.49 bits per heavy atom. The minimum atomic E-state index is 0.925. The van der Waals surface area contributed by atoms with E-state index in [9.17, 15) is 0 Å². The van der Waals surface area contributed by atoms with Crippen LogP contribution in [0.15, 0.2) is 162 Å². The highest BCUT2D eigenvalue weighted by Crippen LogP contribution is 2.44. The monoisotopic (exact) mass is 546 g/mol. The molecule has 0 spiro atoms. The maximum Gasteiger partial charge on any atom is 0.143 e. The van der Waals surface area contributed by atoms with Gasteiger partial charge in [-0.15, -0.1) is 0 Å². The second kappa shape index (κ2) is 9.44. The summed E-state index contributed by atoms with van der Waals surface area (Å²) in [4.78, 5) is 0. The molecule has 0 radical (unpaired) electrons. The van der Waals surface area contributed by atoms with Crippen molar-refractivity contribution < 1.29 is 4.42 Å². The van der Waals surface area contributed by atoms with Crippen molar-refractivity contribution in [3.63, 3.8) is 0 Å². The fraction of sp³-hybridized carbons (Fsp3) is 0. The van der Waals surface area contributed by atoms with Crippen LogP contribution in [0.2, 0.25) is 0 Å². The molecule has 1 nitrogen and oxygen atoms in total. The molecule has 1 heterocycles. The Labute approximate surface area is 249 Å². The second-order valence-corrected chi connectivity index (χ2v) is 11.2. The van der Waals surface area contributed by atoms with Gasteiger partial charge < -0.3 is 4.42 Å². The molecule has 0 amide bonds. The van der Waals surface area contributed by atoms with E-state index in [1.807, 2.05) is 0 Å². The molecular formula is C42H26O. The first kappa shape index (κ1) is 24.0. The predicted molar refractivity (Wildman–Crippen MR) is 183 cm³/mol. The highest BCUT2D eigenvalue weighted by molar-refractivity contribution is 6.22. The molecule has 0 aliphatic carbocycles. The molecule has 0 aliphatic rings. The van der Waals surface area contributed by atoms with Gasteiger partial charge >= 0.3 is 0 Å². The van der Waals surface area contributed by atoms with E-state index < -0.39 is 0 Å². The van der Waals surface area contributed by atoms with Crippen LogP contribution in [0.3, 0.4) is 0 Å². The van der Waals surface area contributed by atoms with Crippen LogP contribution >= 0.6 is 0 Å². The van der Waals surface area contributed by atoms with Gasteiger partial charge in [0.05, 0.1) is 0 Å². The Morgan fingerprint density at radius 2 is 0.837 bits per heavy atom. The van der Waals surface area contributed by atoms with E-state index in [0.717, 1.165) is 27.7 Å². The van der Waals surface area contributed by atoms with Crippen molar-refractivity contribution in [2.75, 3.05) is 0 Å². The fourth-order valence-electron chi connectivity index (χ4n) is 6.97. The summed E-state index contributed by atoms with van der Waals surface area (Å²) < 4.78 is 6.53. The molecule has 43 heavy (non-hydrogen) atoms. The Morgan fingerprint density at radius 1 is 0.326 bits per heavy atom. The van der Waals surface area contributed by atoms with Gasteiger partial charge in [0, 0.05) is 16.3 Å². The fourth-order valence-corrected chi connectivity index (χ4v) is 6.97. The number of hydrogen-bond donors (Lipinski definition) is 0. The standard InChI is InChI=1S/C42H26O/c1-2-12-29(13-3-1)39-33-15-6-8-17-35(33)40(36-18-9-7-16-34(36)39)30-23-21-28(22-24-30)32-19-10-20-37-41-31-14-5-4-11-27(31)25-26-38(41)43-42(32)37/h1-26H. The summed E-state index contributed by atoms with van der Waals surface area (Å²) in [6.45, 7) is 0. The van der Waals surface area contributed by atoms with Crippen LogP contribution < -0.4 is 0 Å². The Kier molecular flexibility index (Phi) is 5.27. The third-order valence-corrected chi connectivity index (χ3v) is 8.87. The van der Waals surface area contributed by atoms with Crippen molar-refractivity contribution in [1.29, 1.82) is 0 Å². The lowest BCUT2D eigenvalue weighted by molar-refractivity contribution is 0.670. The summed E-state index contributed by atoms with van der Waals surface area (Å²) in [5.41, 5.74) is 9.12. The van der Waals surface area contributed by atoms with E-state index in [2.05, 4.69) is 158 Å². The van der Waals surface area contributed by atoms with Crippen LogP contribution in [0.5, 0.6) is 0 Å². The lowest BCUT2D eigenvalue weighted by Crippen LogP contribution is -1.90. The topological polar surface area (TPSA) is 13.1 Å². The SMILES string of the molecule is c1ccc(-c2c3ccccc3c(-c3ccc(-c4cccc5c4oc4ccc6ccccc6c45)cc3)c3ccccc23)cc1. The summed E-state index contributed by atoms with van der Waals surface area (Å²) in [7, 11) is 0. The summed E-state index contributed by atoms with van der Waals surface area (Å²) in [5.74, 6) is 0. The third kappa shape index (κ3) is 3.65. The summed E-state index contributed by atoms with van der Waals surface area (Å²) in [6.07, 6.45) is 0. The molecule has 0 saturated carbocycles. The van der Waals surface area contributed by atoms with Gasteiger partial charge in [-0.1, -0.05) is 152 Å². The zero-order valence-electron chi connectivity index (χ0n) is 23.4. The van der Waals surface area contributed by atoms with Crippen molar-refractivity contribution in [1.82, 2.24) is 0 Å². The van der Waals surface area contributed by atoms with Crippen LogP contribution in [0.1, 0.15) is 0 Å². The summed E-state index contributed by atoms with van der Waals surface area (Å²) in [5, 5.41) is 9.86. The normalized spacial score (nSPS) is 11.7. The molecule has 0 N–H and O–H groups in total. The molecule has 0 unspecified atom stereocenters. The highest BCUT2D eigenvalue weighted by Gasteiger charge is 2.18. The summed E-state index contributed by atoms with van der Waals surface area (Å²) >= 11 is 0. The maximum absolute atomic E-state index is 6.53. The predicted octanol–water partition coefficient (Wildman–Crippen LogP) is 12.0. The first-order chi connectivity index (χ1) is 21.3. The average molecular weight is 547 g/mol.